The fraction of sp³-hybridized carbons (Fsp3) is 0. The lowest BCUT2D eigenvalue weighted by Gasteiger charge is -2.03. The second-order valence-electron chi connectivity index (χ2n) is 2.88. The van der Waals surface area contributed by atoms with Gasteiger partial charge in [0.05, 0.1) is 10.5 Å². The molecule has 1 aromatic carbocycles. The van der Waals surface area contributed by atoms with Gasteiger partial charge in [-0.1, -0.05) is 11.8 Å². The molecule has 17 heavy (non-hydrogen) atoms. The van der Waals surface area contributed by atoms with Gasteiger partial charge in [-0.25, -0.2) is 18.6 Å². The van der Waals surface area contributed by atoms with Gasteiger partial charge in [-0.15, -0.1) is 0 Å². The number of halogens is 2. The summed E-state index contributed by atoms with van der Waals surface area (Å²) in [6, 6.07) is 1.55. The number of benzene rings is 1. The molecule has 2 rings (SSSR count). The average Bonchev–Trinajstić information content (AvgIpc) is 2.75. The van der Waals surface area contributed by atoms with E-state index in [4.69, 9.17) is 5.11 Å². The van der Waals surface area contributed by atoms with Gasteiger partial charge < -0.3 is 5.11 Å². The highest BCUT2D eigenvalue weighted by atomic mass is 32.2. The molecule has 0 aliphatic heterocycles. The van der Waals surface area contributed by atoms with Gasteiger partial charge in [0.1, 0.15) is 18.0 Å². The van der Waals surface area contributed by atoms with E-state index in [2.05, 4.69) is 9.36 Å². The molecule has 2 aromatic rings. The Morgan fingerprint density at radius 3 is 2.47 bits per heavy atom. The molecule has 0 amide bonds. The van der Waals surface area contributed by atoms with Crippen LogP contribution in [-0.4, -0.2) is 20.4 Å². The number of carbonyl (C=O) groups is 1. The maximum absolute atomic E-state index is 13.5. The summed E-state index contributed by atoms with van der Waals surface area (Å²) < 4.78 is 31.1. The zero-order chi connectivity index (χ0) is 12.4. The van der Waals surface area contributed by atoms with E-state index >= 15 is 0 Å². The summed E-state index contributed by atoms with van der Waals surface area (Å²) in [6.07, 6.45) is 1.27. The minimum absolute atomic E-state index is 0.285. The van der Waals surface area contributed by atoms with Crippen molar-refractivity contribution in [1.29, 1.82) is 0 Å². The first-order valence-electron chi connectivity index (χ1n) is 4.25. The van der Waals surface area contributed by atoms with Crippen LogP contribution in [0.15, 0.2) is 27.7 Å². The maximum Gasteiger partial charge on any atom is 0.335 e. The first-order valence-corrected chi connectivity index (χ1v) is 5.84. The molecule has 1 heterocycles. The minimum atomic E-state index is -1.38. The van der Waals surface area contributed by atoms with Gasteiger partial charge in [-0.3, -0.25) is 0 Å². The number of carboxylic acids is 1. The molecule has 0 fully saturated rings. The van der Waals surface area contributed by atoms with Crippen molar-refractivity contribution >= 4 is 29.3 Å². The molecule has 0 aliphatic carbocycles. The van der Waals surface area contributed by atoms with E-state index in [0.717, 1.165) is 35.4 Å². The molecule has 8 heteroatoms. The monoisotopic (exact) mass is 274 g/mol. The molecule has 88 valence electrons. The number of aromatic nitrogens is 2. The largest absolute Gasteiger partial charge is 0.478 e. The van der Waals surface area contributed by atoms with Crippen LogP contribution >= 0.6 is 23.3 Å². The van der Waals surface area contributed by atoms with Gasteiger partial charge in [-0.2, -0.15) is 4.37 Å². The summed E-state index contributed by atoms with van der Waals surface area (Å²) in [5, 5.41) is 8.62. The van der Waals surface area contributed by atoms with Crippen molar-refractivity contribution < 1.29 is 18.7 Å². The van der Waals surface area contributed by atoms with Gasteiger partial charge >= 0.3 is 5.97 Å². The Morgan fingerprint density at radius 2 is 2.00 bits per heavy atom. The lowest BCUT2D eigenvalue weighted by molar-refractivity contribution is 0.0695. The first kappa shape index (κ1) is 11.9. The molecular formula is C9H4F2N2O2S2. The van der Waals surface area contributed by atoms with Crippen molar-refractivity contribution in [3.63, 3.8) is 0 Å². The summed E-state index contributed by atoms with van der Waals surface area (Å²) in [5.41, 5.74) is -0.429. The highest BCUT2D eigenvalue weighted by Crippen LogP contribution is 2.33. The van der Waals surface area contributed by atoms with Gasteiger partial charge in [0.15, 0.2) is 4.34 Å². The molecule has 0 atom stereocenters. The van der Waals surface area contributed by atoms with Gasteiger partial charge in [0.25, 0.3) is 0 Å². The second-order valence-corrected chi connectivity index (χ2v) is 4.92. The standard InChI is InChI=1S/C9H4F2N2O2S2/c10-5-1-4(8(14)15)2-6(11)7(5)16-9-12-3-13-17-9/h1-3H,(H,14,15). The average molecular weight is 274 g/mol. The first-order chi connectivity index (χ1) is 8.08. The summed E-state index contributed by atoms with van der Waals surface area (Å²) >= 11 is 1.77. The molecule has 1 aromatic heterocycles. The van der Waals surface area contributed by atoms with E-state index in [1.165, 1.54) is 6.33 Å². The number of hydrogen-bond donors (Lipinski definition) is 1. The van der Waals surface area contributed by atoms with Crippen molar-refractivity contribution in [2.24, 2.45) is 0 Å². The molecule has 1 N–H and O–H groups in total. The quantitative estimate of drug-likeness (QED) is 0.932. The van der Waals surface area contributed by atoms with Crippen LogP contribution in [0.25, 0.3) is 0 Å². The zero-order valence-electron chi connectivity index (χ0n) is 8.05. The summed E-state index contributed by atoms with van der Waals surface area (Å²) in [4.78, 5) is 14.1. The Balaban J connectivity index is 2.38. The Kier molecular flexibility index (Phi) is 3.34. The molecule has 0 saturated carbocycles. The van der Waals surface area contributed by atoms with Crippen LogP contribution in [0, 0.1) is 11.6 Å². The van der Waals surface area contributed by atoms with Crippen LogP contribution in [-0.2, 0) is 0 Å². The van der Waals surface area contributed by atoms with Gasteiger partial charge in [0, 0.05) is 0 Å². The van der Waals surface area contributed by atoms with E-state index in [9.17, 15) is 13.6 Å². The fourth-order valence-electron chi connectivity index (χ4n) is 1.08. The van der Waals surface area contributed by atoms with Crippen molar-refractivity contribution in [3.05, 3.63) is 35.7 Å². The molecule has 0 aliphatic rings. The predicted octanol–water partition coefficient (Wildman–Crippen LogP) is 2.67. The Morgan fingerprint density at radius 1 is 1.35 bits per heavy atom. The summed E-state index contributed by atoms with van der Waals surface area (Å²) in [7, 11) is 0. The molecule has 0 saturated heterocycles. The molecule has 4 nitrogen and oxygen atoms in total. The normalized spacial score (nSPS) is 10.5. The Labute approximate surface area is 102 Å². The summed E-state index contributed by atoms with van der Waals surface area (Å²) in [6.45, 7) is 0. The number of rotatable bonds is 3. The van der Waals surface area contributed by atoms with E-state index in [1.54, 1.807) is 0 Å². The van der Waals surface area contributed by atoms with Crippen LogP contribution in [0.1, 0.15) is 10.4 Å². The Bertz CT molecular complexity index is 537. The number of nitrogens with zero attached hydrogens (tertiary/aromatic N) is 2. The highest BCUT2D eigenvalue weighted by molar-refractivity contribution is 8.01. The van der Waals surface area contributed by atoms with Crippen molar-refractivity contribution in [1.82, 2.24) is 9.36 Å². The predicted molar refractivity (Wildman–Crippen MR) is 57.3 cm³/mol. The van der Waals surface area contributed by atoms with Crippen LogP contribution in [0.5, 0.6) is 0 Å². The summed E-state index contributed by atoms with van der Waals surface area (Å²) in [5.74, 6) is -3.24. The second kappa shape index (κ2) is 4.76. The van der Waals surface area contributed by atoms with Crippen LogP contribution < -0.4 is 0 Å². The fourth-order valence-corrected chi connectivity index (χ4v) is 2.47. The maximum atomic E-state index is 13.5. The lowest BCUT2D eigenvalue weighted by atomic mass is 10.2. The number of hydrogen-bond acceptors (Lipinski definition) is 5. The minimum Gasteiger partial charge on any atom is -0.478 e. The van der Waals surface area contributed by atoms with E-state index in [-0.39, 0.29) is 4.90 Å². The lowest BCUT2D eigenvalue weighted by Crippen LogP contribution is -2.00. The Hall–Kier alpha value is -1.54. The van der Waals surface area contributed by atoms with Crippen molar-refractivity contribution in [3.8, 4) is 0 Å². The van der Waals surface area contributed by atoms with Crippen molar-refractivity contribution in [2.45, 2.75) is 9.24 Å². The third kappa shape index (κ3) is 2.59. The zero-order valence-corrected chi connectivity index (χ0v) is 9.69. The van der Waals surface area contributed by atoms with E-state index in [1.807, 2.05) is 0 Å². The molecule has 0 bridgehead atoms. The van der Waals surface area contributed by atoms with E-state index < -0.39 is 23.2 Å². The smallest absolute Gasteiger partial charge is 0.335 e. The third-order valence-corrected chi connectivity index (χ3v) is 3.58. The molecule has 0 radical (unpaired) electrons. The number of aromatic carboxylic acids is 1. The van der Waals surface area contributed by atoms with Gasteiger partial charge in [0.2, 0.25) is 0 Å². The molecule has 0 spiro atoms. The van der Waals surface area contributed by atoms with Crippen molar-refractivity contribution in [2.75, 3.05) is 0 Å². The highest BCUT2D eigenvalue weighted by Gasteiger charge is 2.16. The van der Waals surface area contributed by atoms with Crippen LogP contribution in [0.2, 0.25) is 0 Å². The SMILES string of the molecule is O=C(O)c1cc(F)c(Sc2ncns2)c(F)c1. The molecule has 0 unspecified atom stereocenters. The number of carboxylic acid groups (broad SMARTS) is 1. The van der Waals surface area contributed by atoms with Crippen LogP contribution in [0.4, 0.5) is 8.78 Å². The van der Waals surface area contributed by atoms with Crippen LogP contribution in [0.3, 0.4) is 0 Å². The third-order valence-electron chi connectivity index (χ3n) is 1.78. The van der Waals surface area contributed by atoms with Gasteiger partial charge in [-0.05, 0) is 23.7 Å². The topological polar surface area (TPSA) is 63.1 Å². The van der Waals surface area contributed by atoms with E-state index in [0.29, 0.717) is 4.34 Å². The molecular weight excluding hydrogens is 270 g/mol.